The number of hydrogen-bond acceptors (Lipinski definition) is 2. The molecule has 90 valence electrons. The van der Waals surface area contributed by atoms with Crippen LogP contribution in [0.3, 0.4) is 0 Å². The summed E-state index contributed by atoms with van der Waals surface area (Å²) in [5.41, 5.74) is 0.937. The maximum absolute atomic E-state index is 5.76. The molecule has 2 aromatic rings. The molecule has 0 aliphatic rings. The number of benzene rings is 1. The van der Waals surface area contributed by atoms with Gasteiger partial charge in [-0.3, -0.25) is 4.98 Å². The highest BCUT2D eigenvalue weighted by molar-refractivity contribution is 6.17. The van der Waals surface area contributed by atoms with Crippen molar-refractivity contribution in [2.75, 3.05) is 12.5 Å². The van der Waals surface area contributed by atoms with E-state index >= 15 is 0 Å². The third-order valence-corrected chi connectivity index (χ3v) is 2.90. The van der Waals surface area contributed by atoms with Crippen LogP contribution in [-0.4, -0.2) is 17.5 Å². The van der Waals surface area contributed by atoms with Gasteiger partial charge in [-0.1, -0.05) is 18.2 Å². The number of aromatic nitrogens is 1. The van der Waals surface area contributed by atoms with Gasteiger partial charge in [0.25, 0.3) is 0 Å². The third-order valence-electron chi connectivity index (χ3n) is 2.63. The number of para-hydroxylation sites is 1. The number of pyridine rings is 1. The lowest BCUT2D eigenvalue weighted by molar-refractivity contribution is 0.309. The van der Waals surface area contributed by atoms with Gasteiger partial charge in [-0.05, 0) is 31.4 Å². The monoisotopic (exact) mass is 249 g/mol. The molecular weight excluding hydrogens is 234 g/mol. The Kier molecular flexibility index (Phi) is 4.63. The van der Waals surface area contributed by atoms with E-state index in [1.54, 1.807) is 6.20 Å². The molecule has 0 amide bonds. The van der Waals surface area contributed by atoms with Gasteiger partial charge in [0, 0.05) is 17.5 Å². The van der Waals surface area contributed by atoms with Gasteiger partial charge in [-0.25, -0.2) is 0 Å². The zero-order valence-corrected chi connectivity index (χ0v) is 10.5. The molecule has 1 aromatic carbocycles. The van der Waals surface area contributed by atoms with Crippen LogP contribution in [0.1, 0.15) is 19.3 Å². The Morgan fingerprint density at radius 1 is 1.06 bits per heavy atom. The number of alkyl halides is 1. The molecule has 0 atom stereocenters. The van der Waals surface area contributed by atoms with Crippen molar-refractivity contribution in [3.8, 4) is 5.75 Å². The van der Waals surface area contributed by atoms with Gasteiger partial charge in [-0.2, -0.15) is 0 Å². The van der Waals surface area contributed by atoms with Crippen LogP contribution in [0.15, 0.2) is 36.5 Å². The van der Waals surface area contributed by atoms with Crippen molar-refractivity contribution in [3.63, 3.8) is 0 Å². The maximum Gasteiger partial charge on any atom is 0.145 e. The zero-order chi connectivity index (χ0) is 11.9. The van der Waals surface area contributed by atoms with E-state index in [1.807, 2.05) is 30.3 Å². The summed E-state index contributed by atoms with van der Waals surface area (Å²) in [6.45, 7) is 0.729. The lowest BCUT2D eigenvalue weighted by atomic mass is 10.2. The van der Waals surface area contributed by atoms with Crippen LogP contribution >= 0.6 is 11.6 Å². The van der Waals surface area contributed by atoms with E-state index in [-0.39, 0.29) is 0 Å². The first-order valence-electron chi connectivity index (χ1n) is 5.94. The first-order valence-corrected chi connectivity index (χ1v) is 6.48. The molecule has 0 spiro atoms. The number of unbranched alkanes of at least 4 members (excludes halogenated alkanes) is 2. The second kappa shape index (κ2) is 6.45. The van der Waals surface area contributed by atoms with Crippen LogP contribution < -0.4 is 4.74 Å². The predicted octanol–water partition coefficient (Wildman–Crippen LogP) is 4.02. The molecule has 0 saturated heterocycles. The van der Waals surface area contributed by atoms with Crippen LogP contribution in [0.2, 0.25) is 0 Å². The summed E-state index contributed by atoms with van der Waals surface area (Å²) in [5.74, 6) is 1.60. The minimum Gasteiger partial charge on any atom is -0.491 e. The lowest BCUT2D eigenvalue weighted by Gasteiger charge is -2.08. The number of hydrogen-bond donors (Lipinski definition) is 0. The summed E-state index contributed by atoms with van der Waals surface area (Å²) in [6.07, 6.45) is 5.00. The molecular formula is C14H16ClNO. The van der Waals surface area contributed by atoms with Crippen LogP contribution in [0.25, 0.3) is 10.9 Å². The molecule has 1 aromatic heterocycles. The van der Waals surface area contributed by atoms with Crippen molar-refractivity contribution in [1.29, 1.82) is 0 Å². The second-order valence-electron chi connectivity index (χ2n) is 3.93. The highest BCUT2D eigenvalue weighted by Crippen LogP contribution is 2.23. The number of nitrogens with zero attached hydrogens (tertiary/aromatic N) is 1. The molecule has 0 radical (unpaired) electrons. The molecule has 0 fully saturated rings. The van der Waals surface area contributed by atoms with Gasteiger partial charge in [0.05, 0.1) is 6.61 Å². The first kappa shape index (κ1) is 12.2. The van der Waals surface area contributed by atoms with Gasteiger partial charge in [0.1, 0.15) is 11.3 Å². The molecule has 0 bridgehead atoms. The fraction of sp³-hybridized carbons (Fsp3) is 0.357. The van der Waals surface area contributed by atoms with Gasteiger partial charge >= 0.3 is 0 Å². The van der Waals surface area contributed by atoms with Crippen molar-refractivity contribution in [2.24, 2.45) is 0 Å². The minimum atomic E-state index is 0.729. The molecule has 0 saturated carbocycles. The molecule has 17 heavy (non-hydrogen) atoms. The molecule has 0 N–H and O–H groups in total. The third kappa shape index (κ3) is 3.34. The van der Waals surface area contributed by atoms with Gasteiger partial charge in [-0.15, -0.1) is 11.6 Å². The maximum atomic E-state index is 5.76. The van der Waals surface area contributed by atoms with Crippen molar-refractivity contribution >= 4 is 22.5 Å². The van der Waals surface area contributed by atoms with E-state index in [0.29, 0.717) is 0 Å². The van der Waals surface area contributed by atoms with E-state index in [2.05, 4.69) is 4.98 Å². The second-order valence-corrected chi connectivity index (χ2v) is 4.31. The average Bonchev–Trinajstić information content (AvgIpc) is 2.39. The topological polar surface area (TPSA) is 22.1 Å². The average molecular weight is 250 g/mol. The fourth-order valence-corrected chi connectivity index (χ4v) is 1.94. The Morgan fingerprint density at radius 3 is 2.82 bits per heavy atom. The standard InChI is InChI=1S/C14H16ClNO/c15-9-2-1-3-11-17-13-8-4-6-12-7-5-10-16-14(12)13/h4-8,10H,1-3,9,11H2. The molecule has 0 unspecified atom stereocenters. The van der Waals surface area contributed by atoms with E-state index in [4.69, 9.17) is 16.3 Å². The molecule has 3 heteroatoms. The van der Waals surface area contributed by atoms with Gasteiger partial charge in [0.15, 0.2) is 0 Å². The molecule has 0 aliphatic carbocycles. The van der Waals surface area contributed by atoms with E-state index in [1.165, 1.54) is 0 Å². The smallest absolute Gasteiger partial charge is 0.145 e. The normalized spacial score (nSPS) is 10.6. The summed E-state index contributed by atoms with van der Waals surface area (Å²) in [5, 5.41) is 1.12. The Bertz CT molecular complexity index is 467. The van der Waals surface area contributed by atoms with E-state index in [9.17, 15) is 0 Å². The highest BCUT2D eigenvalue weighted by Gasteiger charge is 2.01. The summed E-state index contributed by atoms with van der Waals surface area (Å²) in [6, 6.07) is 9.99. The first-order chi connectivity index (χ1) is 8.42. The van der Waals surface area contributed by atoms with Crippen LogP contribution in [0.4, 0.5) is 0 Å². The summed E-state index contributed by atoms with van der Waals surface area (Å²) >= 11 is 5.62. The van der Waals surface area contributed by atoms with Crippen molar-refractivity contribution in [2.45, 2.75) is 19.3 Å². The summed E-state index contributed by atoms with van der Waals surface area (Å²) in [4.78, 5) is 4.35. The fourth-order valence-electron chi connectivity index (χ4n) is 1.75. The van der Waals surface area contributed by atoms with Crippen molar-refractivity contribution < 1.29 is 4.74 Å². The minimum absolute atomic E-state index is 0.729. The highest BCUT2D eigenvalue weighted by atomic mass is 35.5. The summed E-state index contributed by atoms with van der Waals surface area (Å²) in [7, 11) is 0. The Hall–Kier alpha value is -1.28. The number of fused-ring (bicyclic) bond motifs is 1. The molecule has 0 aliphatic heterocycles. The Balaban J connectivity index is 1.98. The van der Waals surface area contributed by atoms with Crippen LogP contribution in [0.5, 0.6) is 5.75 Å². The lowest BCUT2D eigenvalue weighted by Crippen LogP contribution is -1.98. The van der Waals surface area contributed by atoms with Crippen molar-refractivity contribution in [3.05, 3.63) is 36.5 Å². The van der Waals surface area contributed by atoms with Gasteiger partial charge in [0.2, 0.25) is 0 Å². The SMILES string of the molecule is ClCCCCCOc1cccc2cccnc12. The summed E-state index contributed by atoms with van der Waals surface area (Å²) < 4.78 is 5.76. The van der Waals surface area contributed by atoms with Crippen LogP contribution in [0, 0.1) is 0 Å². The number of ether oxygens (including phenoxy) is 1. The molecule has 2 rings (SSSR count). The van der Waals surface area contributed by atoms with Crippen LogP contribution in [-0.2, 0) is 0 Å². The van der Waals surface area contributed by atoms with Crippen molar-refractivity contribution in [1.82, 2.24) is 4.98 Å². The zero-order valence-electron chi connectivity index (χ0n) is 9.73. The quantitative estimate of drug-likeness (QED) is 0.570. The van der Waals surface area contributed by atoms with E-state index < -0.39 is 0 Å². The van der Waals surface area contributed by atoms with Gasteiger partial charge < -0.3 is 4.74 Å². The largest absolute Gasteiger partial charge is 0.491 e. The Morgan fingerprint density at radius 2 is 1.94 bits per heavy atom. The van der Waals surface area contributed by atoms with E-state index in [0.717, 1.165) is 48.4 Å². The predicted molar refractivity (Wildman–Crippen MR) is 71.8 cm³/mol. The number of halogens is 1. The molecule has 2 nitrogen and oxygen atoms in total. The Labute approximate surface area is 107 Å². The number of rotatable bonds is 6. The molecule has 1 heterocycles.